The molecule has 0 fully saturated rings. The van der Waals surface area contributed by atoms with Crippen molar-refractivity contribution in [3.63, 3.8) is 0 Å². The van der Waals surface area contributed by atoms with E-state index in [2.05, 4.69) is 4.74 Å². The van der Waals surface area contributed by atoms with Crippen LogP contribution in [0.15, 0.2) is 0 Å². The Hall–Kier alpha value is -1.14. The van der Waals surface area contributed by atoms with Gasteiger partial charge in [-0.05, 0) is 6.42 Å². The van der Waals surface area contributed by atoms with E-state index >= 15 is 0 Å². The van der Waals surface area contributed by atoms with Crippen molar-refractivity contribution in [1.82, 2.24) is 0 Å². The molecule has 0 aromatic carbocycles. The molecular weight excluding hydrogens is 204 g/mol. The molecule has 0 amide bonds. The van der Waals surface area contributed by atoms with Gasteiger partial charge < -0.3 is 24.9 Å². The molecule has 0 heterocycles. The van der Waals surface area contributed by atoms with Crippen molar-refractivity contribution in [1.29, 1.82) is 0 Å². The molecule has 0 saturated heterocycles. The lowest BCUT2D eigenvalue weighted by molar-refractivity contribution is -0.330. The molecule has 6 heteroatoms. The van der Waals surface area contributed by atoms with Gasteiger partial charge in [-0.25, -0.2) is 4.79 Å². The smallest absolute Gasteiger partial charge is 0.338 e. The summed E-state index contributed by atoms with van der Waals surface area (Å²) in [6, 6.07) is 0. The lowest BCUT2D eigenvalue weighted by Crippen LogP contribution is -2.59. The summed E-state index contributed by atoms with van der Waals surface area (Å²) in [7, 11) is 0.987. The first-order chi connectivity index (χ1) is 6.90. The van der Waals surface area contributed by atoms with Crippen LogP contribution in [0.25, 0.3) is 0 Å². The fraction of sp³-hybridized carbons (Fsp3) is 0.778. The summed E-state index contributed by atoms with van der Waals surface area (Å²) < 4.78 is 4.15. The lowest BCUT2D eigenvalue weighted by atomic mass is 9.90. The molecule has 2 N–H and O–H groups in total. The molecule has 6 nitrogen and oxygen atoms in total. The minimum Gasteiger partial charge on any atom is -0.547 e. The number of methoxy groups -OCH3 is 1. The molecule has 2 unspecified atom stereocenters. The second kappa shape index (κ2) is 5.67. The average Bonchev–Trinajstić information content (AvgIpc) is 2.23. The van der Waals surface area contributed by atoms with Crippen LogP contribution in [0.4, 0.5) is 0 Å². The maximum Gasteiger partial charge on any atom is 0.338 e. The number of hydrogen-bond acceptors (Lipinski definition) is 6. The number of aliphatic carboxylic acids is 1. The minimum absolute atomic E-state index is 0.262. The Balaban J connectivity index is 4.77. The molecule has 0 aromatic heterocycles. The van der Waals surface area contributed by atoms with Gasteiger partial charge in [-0.15, -0.1) is 0 Å². The molecule has 88 valence electrons. The van der Waals surface area contributed by atoms with Crippen LogP contribution < -0.4 is 5.11 Å². The number of aliphatic hydroxyl groups excluding tert-OH is 1. The Morgan fingerprint density at radius 1 is 1.53 bits per heavy atom. The molecule has 0 aromatic rings. The largest absolute Gasteiger partial charge is 0.547 e. The summed E-state index contributed by atoms with van der Waals surface area (Å²) in [5.41, 5.74) is -2.58. The molecule has 0 spiro atoms. The van der Waals surface area contributed by atoms with Gasteiger partial charge in [0.05, 0.1) is 13.1 Å². The van der Waals surface area contributed by atoms with Crippen molar-refractivity contribution in [3.05, 3.63) is 0 Å². The first-order valence-corrected chi connectivity index (χ1v) is 4.59. The van der Waals surface area contributed by atoms with Crippen molar-refractivity contribution in [3.8, 4) is 0 Å². The maximum absolute atomic E-state index is 10.9. The summed E-state index contributed by atoms with van der Waals surface area (Å²) in [5.74, 6) is -3.08. The van der Waals surface area contributed by atoms with Crippen LogP contribution in [-0.4, -0.2) is 41.0 Å². The average molecular weight is 219 g/mol. The van der Waals surface area contributed by atoms with E-state index in [-0.39, 0.29) is 6.42 Å². The Kier molecular flexibility index (Phi) is 5.24. The summed E-state index contributed by atoms with van der Waals surface area (Å²) in [6.07, 6.45) is -1.43. The second-order valence-corrected chi connectivity index (χ2v) is 3.24. The van der Waals surface area contributed by atoms with Crippen LogP contribution >= 0.6 is 0 Å². The van der Waals surface area contributed by atoms with Gasteiger partial charge in [0.2, 0.25) is 0 Å². The van der Waals surface area contributed by atoms with E-state index in [1.165, 1.54) is 0 Å². The number of hydrogen-bond donors (Lipinski definition) is 2. The highest BCUT2D eigenvalue weighted by Gasteiger charge is 2.42. The monoisotopic (exact) mass is 219 g/mol. The summed E-state index contributed by atoms with van der Waals surface area (Å²) in [4.78, 5) is 21.6. The Labute approximate surface area is 87.5 Å². The summed E-state index contributed by atoms with van der Waals surface area (Å²) in [5, 5.41) is 29.5. The van der Waals surface area contributed by atoms with E-state index in [4.69, 9.17) is 0 Å². The highest BCUT2D eigenvalue weighted by molar-refractivity contribution is 5.86. The number of carboxylic acids is 1. The topological polar surface area (TPSA) is 107 Å². The fourth-order valence-electron chi connectivity index (χ4n) is 1.10. The normalized spacial score (nSPS) is 16.5. The zero-order chi connectivity index (χ0) is 12.1. The van der Waals surface area contributed by atoms with Gasteiger partial charge in [0, 0.05) is 0 Å². The van der Waals surface area contributed by atoms with E-state index < -0.39 is 23.6 Å². The number of carbonyl (C=O) groups excluding carboxylic acids is 2. The number of carbonyl (C=O) groups is 2. The van der Waals surface area contributed by atoms with Gasteiger partial charge in [-0.1, -0.05) is 19.8 Å². The predicted octanol–water partition coefficient (Wildman–Crippen LogP) is -1.81. The highest BCUT2D eigenvalue weighted by atomic mass is 16.5. The summed E-state index contributed by atoms with van der Waals surface area (Å²) >= 11 is 0. The van der Waals surface area contributed by atoms with Crippen LogP contribution in [0, 0.1) is 0 Å². The third-order valence-electron chi connectivity index (χ3n) is 2.14. The van der Waals surface area contributed by atoms with Crippen LogP contribution in [-0.2, 0) is 14.3 Å². The third-order valence-corrected chi connectivity index (χ3v) is 2.14. The summed E-state index contributed by atoms with van der Waals surface area (Å²) in [6.45, 7) is 1.78. The van der Waals surface area contributed by atoms with Gasteiger partial charge in [-0.2, -0.15) is 0 Å². The quantitative estimate of drug-likeness (QED) is 0.510. The van der Waals surface area contributed by atoms with Crippen LogP contribution in [0.5, 0.6) is 0 Å². The van der Waals surface area contributed by atoms with Crippen molar-refractivity contribution < 1.29 is 29.6 Å². The predicted molar refractivity (Wildman–Crippen MR) is 47.5 cm³/mol. The van der Waals surface area contributed by atoms with E-state index in [1.54, 1.807) is 6.92 Å². The molecule has 0 aliphatic carbocycles. The number of ether oxygens (including phenoxy) is 1. The maximum atomic E-state index is 10.9. The zero-order valence-electron chi connectivity index (χ0n) is 8.73. The van der Waals surface area contributed by atoms with E-state index in [1.807, 2.05) is 0 Å². The van der Waals surface area contributed by atoms with Crippen LogP contribution in [0.1, 0.15) is 26.2 Å². The second-order valence-electron chi connectivity index (χ2n) is 3.24. The molecule has 15 heavy (non-hydrogen) atoms. The van der Waals surface area contributed by atoms with Gasteiger partial charge in [0.15, 0.2) is 6.10 Å². The SMILES string of the molecule is CCCCC(O)(C(=O)[O-])C(O)C(=O)OC. The molecule has 2 atom stereocenters. The van der Waals surface area contributed by atoms with Crippen molar-refractivity contribution in [2.75, 3.05) is 7.11 Å². The third kappa shape index (κ3) is 3.17. The van der Waals surface area contributed by atoms with Crippen LogP contribution in [0.3, 0.4) is 0 Å². The number of rotatable bonds is 6. The van der Waals surface area contributed by atoms with Crippen molar-refractivity contribution >= 4 is 11.9 Å². The van der Waals surface area contributed by atoms with Gasteiger partial charge >= 0.3 is 5.97 Å². The zero-order valence-corrected chi connectivity index (χ0v) is 8.73. The van der Waals surface area contributed by atoms with E-state index in [9.17, 15) is 24.9 Å². The number of aliphatic hydroxyl groups is 2. The van der Waals surface area contributed by atoms with Gasteiger partial charge in [0.1, 0.15) is 5.60 Å². The Bertz CT molecular complexity index is 239. The molecule has 0 bridgehead atoms. The molecule has 0 saturated carbocycles. The molecule has 0 aliphatic rings. The van der Waals surface area contributed by atoms with E-state index in [0.29, 0.717) is 12.8 Å². The molecule has 0 radical (unpaired) electrons. The standard InChI is InChI=1S/C9H16O6/c1-3-4-5-9(14,8(12)13)6(10)7(11)15-2/h6,10,14H,3-5H2,1-2H3,(H,12,13)/p-1. The molecular formula is C9H15O6-. The van der Waals surface area contributed by atoms with E-state index in [0.717, 1.165) is 7.11 Å². The van der Waals surface area contributed by atoms with Gasteiger partial charge in [0.25, 0.3) is 0 Å². The lowest BCUT2D eigenvalue weighted by Gasteiger charge is -2.32. The first-order valence-electron chi connectivity index (χ1n) is 4.59. The Morgan fingerprint density at radius 3 is 2.40 bits per heavy atom. The minimum atomic E-state index is -2.58. The fourth-order valence-corrected chi connectivity index (χ4v) is 1.10. The number of unbranched alkanes of at least 4 members (excludes halogenated alkanes) is 1. The highest BCUT2D eigenvalue weighted by Crippen LogP contribution is 2.19. The molecule has 0 rings (SSSR count). The molecule has 0 aliphatic heterocycles. The number of esters is 1. The van der Waals surface area contributed by atoms with Crippen molar-refractivity contribution in [2.24, 2.45) is 0 Å². The van der Waals surface area contributed by atoms with Crippen LogP contribution in [0.2, 0.25) is 0 Å². The first kappa shape index (κ1) is 13.9. The van der Waals surface area contributed by atoms with Crippen molar-refractivity contribution in [2.45, 2.75) is 37.9 Å². The Morgan fingerprint density at radius 2 is 2.07 bits per heavy atom. The van der Waals surface area contributed by atoms with Gasteiger partial charge in [-0.3, -0.25) is 0 Å². The number of carboxylic acid groups (broad SMARTS) is 1.